The van der Waals surface area contributed by atoms with E-state index in [1.54, 1.807) is 0 Å². The van der Waals surface area contributed by atoms with Crippen molar-refractivity contribution in [3.05, 3.63) is 58.7 Å². The highest BCUT2D eigenvalue weighted by Gasteiger charge is 2.35. The average molecular weight is 408 g/mol. The van der Waals surface area contributed by atoms with Gasteiger partial charge in [0.25, 0.3) is 5.91 Å². The van der Waals surface area contributed by atoms with E-state index in [0.29, 0.717) is 6.42 Å². The molecular weight excluding hydrogens is 374 g/mol. The fraction of sp³-hybridized carbons (Fsp3) is 0.500. The van der Waals surface area contributed by atoms with Gasteiger partial charge in [0, 0.05) is 12.0 Å². The van der Waals surface area contributed by atoms with Crippen molar-refractivity contribution in [2.45, 2.75) is 84.0 Å². The third-order valence-corrected chi connectivity index (χ3v) is 6.20. The lowest BCUT2D eigenvalue weighted by Gasteiger charge is -2.38. The molecule has 2 aliphatic rings. The highest BCUT2D eigenvalue weighted by atomic mass is 16.5. The van der Waals surface area contributed by atoms with E-state index in [1.807, 2.05) is 25.1 Å². The van der Waals surface area contributed by atoms with Gasteiger partial charge in [0.2, 0.25) is 0 Å². The third kappa shape index (κ3) is 4.48. The van der Waals surface area contributed by atoms with Gasteiger partial charge in [-0.25, -0.2) is 0 Å². The highest BCUT2D eigenvalue weighted by molar-refractivity contribution is 5.81. The molecule has 1 aliphatic carbocycles. The highest BCUT2D eigenvalue weighted by Crippen LogP contribution is 2.40. The van der Waals surface area contributed by atoms with Crippen molar-refractivity contribution in [3.63, 3.8) is 0 Å². The molecule has 160 valence electrons. The summed E-state index contributed by atoms with van der Waals surface area (Å²) in [5.41, 5.74) is 4.66. The summed E-state index contributed by atoms with van der Waals surface area (Å²) in [7, 11) is 0. The quantitative estimate of drug-likeness (QED) is 0.717. The van der Waals surface area contributed by atoms with E-state index < -0.39 is 6.10 Å². The Balaban J connectivity index is 1.50. The minimum Gasteiger partial charge on any atom is -0.487 e. The van der Waals surface area contributed by atoms with Gasteiger partial charge < -0.3 is 14.8 Å². The van der Waals surface area contributed by atoms with Gasteiger partial charge in [0.05, 0.1) is 6.04 Å². The monoisotopic (exact) mass is 407 g/mol. The molecule has 1 aliphatic heterocycles. The number of nitrogens with one attached hydrogen (secondary N) is 1. The number of hydrogen-bond donors (Lipinski definition) is 1. The molecule has 0 fully saturated rings. The van der Waals surface area contributed by atoms with E-state index in [1.165, 1.54) is 24.0 Å². The molecule has 0 radical (unpaired) electrons. The molecule has 0 unspecified atom stereocenters. The SMILES string of the molecule is CC[C@@H](Oc1ccc2c(c1)CCCC2)C(=O)N[C@H]1CC(C)(C)Oc2ccc(C)cc21. The van der Waals surface area contributed by atoms with E-state index in [-0.39, 0.29) is 17.6 Å². The standard InChI is InChI=1S/C26H33NO3/c1-5-23(29-20-12-11-18-8-6-7-9-19(18)15-20)25(28)27-22-16-26(3,4)30-24-13-10-17(2)14-21(22)24/h10-15,22-23H,5-9,16H2,1-4H3,(H,27,28)/t22-,23+/m0/s1. The summed E-state index contributed by atoms with van der Waals surface area (Å²) >= 11 is 0. The number of hydrogen-bond acceptors (Lipinski definition) is 3. The van der Waals surface area contributed by atoms with Crippen LogP contribution in [0.2, 0.25) is 0 Å². The molecule has 1 heterocycles. The third-order valence-electron chi connectivity index (χ3n) is 6.20. The molecule has 0 aromatic heterocycles. The van der Waals surface area contributed by atoms with Crippen LogP contribution in [-0.2, 0) is 17.6 Å². The zero-order valence-electron chi connectivity index (χ0n) is 18.6. The molecule has 4 heteroatoms. The number of rotatable bonds is 5. The maximum atomic E-state index is 13.2. The zero-order chi connectivity index (χ0) is 21.3. The van der Waals surface area contributed by atoms with Crippen LogP contribution in [0.3, 0.4) is 0 Å². The lowest BCUT2D eigenvalue weighted by atomic mass is 9.88. The largest absolute Gasteiger partial charge is 0.487 e. The maximum Gasteiger partial charge on any atom is 0.261 e. The second kappa shape index (κ2) is 8.33. The summed E-state index contributed by atoms with van der Waals surface area (Å²) < 4.78 is 12.3. The molecule has 2 atom stereocenters. The van der Waals surface area contributed by atoms with Crippen molar-refractivity contribution in [1.82, 2.24) is 5.32 Å². The van der Waals surface area contributed by atoms with Crippen LogP contribution in [0.4, 0.5) is 0 Å². The van der Waals surface area contributed by atoms with Crippen molar-refractivity contribution in [3.8, 4) is 11.5 Å². The number of ether oxygens (including phenoxy) is 2. The Bertz CT molecular complexity index is 934. The van der Waals surface area contributed by atoms with Crippen LogP contribution in [0, 0.1) is 6.92 Å². The van der Waals surface area contributed by atoms with Crippen molar-refractivity contribution in [2.24, 2.45) is 0 Å². The molecule has 0 saturated carbocycles. The molecule has 4 rings (SSSR count). The molecule has 30 heavy (non-hydrogen) atoms. The van der Waals surface area contributed by atoms with Crippen LogP contribution in [0.5, 0.6) is 11.5 Å². The van der Waals surface area contributed by atoms with Crippen LogP contribution in [-0.4, -0.2) is 17.6 Å². The first-order valence-corrected chi connectivity index (χ1v) is 11.2. The van der Waals surface area contributed by atoms with Crippen molar-refractivity contribution < 1.29 is 14.3 Å². The van der Waals surface area contributed by atoms with Crippen molar-refractivity contribution >= 4 is 5.91 Å². The first kappa shape index (κ1) is 20.8. The number of benzene rings is 2. The minimum atomic E-state index is -0.508. The lowest BCUT2D eigenvalue weighted by molar-refractivity contribution is -0.129. The minimum absolute atomic E-state index is 0.0645. The van der Waals surface area contributed by atoms with Gasteiger partial charge in [0.15, 0.2) is 6.10 Å². The van der Waals surface area contributed by atoms with E-state index in [0.717, 1.165) is 41.9 Å². The summed E-state index contributed by atoms with van der Waals surface area (Å²) in [5, 5.41) is 3.25. The Morgan fingerprint density at radius 3 is 2.70 bits per heavy atom. The molecule has 0 spiro atoms. The molecule has 2 aromatic rings. The van der Waals surface area contributed by atoms with Gasteiger partial charge in [-0.2, -0.15) is 0 Å². The van der Waals surface area contributed by atoms with Crippen LogP contribution in [0.25, 0.3) is 0 Å². The van der Waals surface area contributed by atoms with Crippen LogP contribution in [0.15, 0.2) is 36.4 Å². The normalized spacial score (nSPS) is 20.3. The zero-order valence-corrected chi connectivity index (χ0v) is 18.6. The second-order valence-corrected chi connectivity index (χ2v) is 9.32. The van der Waals surface area contributed by atoms with Crippen LogP contribution >= 0.6 is 0 Å². The number of carbonyl (C=O) groups excluding carboxylic acids is 1. The van der Waals surface area contributed by atoms with E-state index in [4.69, 9.17) is 9.47 Å². The number of aryl methyl sites for hydroxylation is 3. The summed E-state index contributed by atoms with van der Waals surface area (Å²) in [6.45, 7) is 8.19. The van der Waals surface area contributed by atoms with Gasteiger partial charge in [-0.3, -0.25) is 4.79 Å². The van der Waals surface area contributed by atoms with Gasteiger partial charge in [-0.1, -0.05) is 30.7 Å². The predicted octanol–water partition coefficient (Wildman–Crippen LogP) is 5.45. The number of carbonyl (C=O) groups is 1. The Morgan fingerprint density at radius 2 is 1.93 bits per heavy atom. The van der Waals surface area contributed by atoms with Crippen LogP contribution in [0.1, 0.15) is 74.8 Å². The van der Waals surface area contributed by atoms with Crippen molar-refractivity contribution in [2.75, 3.05) is 0 Å². The summed E-state index contributed by atoms with van der Waals surface area (Å²) in [6.07, 6.45) is 5.57. The van der Waals surface area contributed by atoms with Gasteiger partial charge in [-0.05, 0) is 82.2 Å². The maximum absolute atomic E-state index is 13.2. The Labute approximate surface area is 180 Å². The second-order valence-electron chi connectivity index (χ2n) is 9.32. The molecule has 0 saturated heterocycles. The average Bonchev–Trinajstić information content (AvgIpc) is 2.71. The Kier molecular flexibility index (Phi) is 5.77. The topological polar surface area (TPSA) is 47.6 Å². The van der Waals surface area contributed by atoms with Crippen LogP contribution < -0.4 is 14.8 Å². The smallest absolute Gasteiger partial charge is 0.261 e. The van der Waals surface area contributed by atoms with Gasteiger partial charge in [-0.15, -0.1) is 0 Å². The first-order chi connectivity index (χ1) is 14.3. The Morgan fingerprint density at radius 1 is 1.17 bits per heavy atom. The van der Waals surface area contributed by atoms with E-state index in [9.17, 15) is 4.79 Å². The molecular formula is C26H33NO3. The number of amides is 1. The molecule has 4 nitrogen and oxygen atoms in total. The molecule has 1 N–H and O–H groups in total. The fourth-order valence-corrected chi connectivity index (χ4v) is 4.64. The fourth-order valence-electron chi connectivity index (χ4n) is 4.64. The van der Waals surface area contributed by atoms with Gasteiger partial charge >= 0.3 is 0 Å². The molecule has 1 amide bonds. The summed E-state index contributed by atoms with van der Waals surface area (Å²) in [6, 6.07) is 12.4. The van der Waals surface area contributed by atoms with E-state index >= 15 is 0 Å². The first-order valence-electron chi connectivity index (χ1n) is 11.2. The predicted molar refractivity (Wildman–Crippen MR) is 119 cm³/mol. The summed E-state index contributed by atoms with van der Waals surface area (Å²) in [4.78, 5) is 13.2. The molecule has 2 aromatic carbocycles. The molecule has 0 bridgehead atoms. The number of fused-ring (bicyclic) bond motifs is 2. The van der Waals surface area contributed by atoms with E-state index in [2.05, 4.69) is 44.3 Å². The summed E-state index contributed by atoms with van der Waals surface area (Å²) in [5.74, 6) is 1.58. The van der Waals surface area contributed by atoms with Crippen molar-refractivity contribution in [1.29, 1.82) is 0 Å². The lowest BCUT2D eigenvalue weighted by Crippen LogP contribution is -2.45. The van der Waals surface area contributed by atoms with Gasteiger partial charge in [0.1, 0.15) is 17.1 Å². The Hall–Kier alpha value is -2.49.